The Hall–Kier alpha value is -2.49. The largest absolute Gasteiger partial charge is 0.497 e. The van der Waals surface area contributed by atoms with Crippen molar-refractivity contribution in [1.29, 1.82) is 0 Å². The van der Waals surface area contributed by atoms with Crippen molar-refractivity contribution < 1.29 is 14.3 Å². The molecular weight excluding hydrogens is 278 g/mol. The second-order valence-corrected chi connectivity index (χ2v) is 4.94. The van der Waals surface area contributed by atoms with Crippen LogP contribution in [0.25, 0.3) is 0 Å². The zero-order valence-corrected chi connectivity index (χ0v) is 13.1. The van der Waals surface area contributed by atoms with Crippen LogP contribution in [0.15, 0.2) is 48.5 Å². The molecule has 0 unspecified atom stereocenters. The minimum Gasteiger partial charge on any atom is -0.497 e. The van der Waals surface area contributed by atoms with Gasteiger partial charge in [0.15, 0.2) is 6.10 Å². The lowest BCUT2D eigenvalue weighted by Gasteiger charge is -2.16. The molecule has 0 saturated carbocycles. The van der Waals surface area contributed by atoms with Gasteiger partial charge in [0.25, 0.3) is 5.91 Å². The van der Waals surface area contributed by atoms with E-state index in [2.05, 4.69) is 12.2 Å². The number of rotatable bonds is 6. The molecule has 0 bridgehead atoms. The Kier molecular flexibility index (Phi) is 5.42. The summed E-state index contributed by atoms with van der Waals surface area (Å²) < 4.78 is 10.7. The molecule has 2 rings (SSSR count). The van der Waals surface area contributed by atoms with Gasteiger partial charge < -0.3 is 14.8 Å². The predicted octanol–water partition coefficient (Wildman–Crippen LogP) is 3.66. The van der Waals surface area contributed by atoms with Crippen molar-refractivity contribution in [2.75, 3.05) is 12.4 Å². The molecule has 22 heavy (non-hydrogen) atoms. The minimum atomic E-state index is -0.585. The average molecular weight is 299 g/mol. The normalized spacial score (nSPS) is 11.6. The number of anilines is 1. The third-order valence-electron chi connectivity index (χ3n) is 3.40. The SMILES string of the molecule is CCc1ccccc1NC(=O)[C@H](C)Oc1ccc(OC)cc1. The van der Waals surface area contributed by atoms with E-state index in [0.29, 0.717) is 5.75 Å². The molecule has 0 aliphatic carbocycles. The van der Waals surface area contributed by atoms with E-state index < -0.39 is 6.10 Å². The lowest BCUT2D eigenvalue weighted by atomic mass is 10.1. The summed E-state index contributed by atoms with van der Waals surface area (Å²) in [6, 6.07) is 14.9. The predicted molar refractivity (Wildman–Crippen MR) is 87.5 cm³/mol. The fourth-order valence-corrected chi connectivity index (χ4v) is 2.10. The smallest absolute Gasteiger partial charge is 0.265 e. The van der Waals surface area contributed by atoms with Crippen molar-refractivity contribution >= 4 is 11.6 Å². The van der Waals surface area contributed by atoms with Crippen molar-refractivity contribution in [3.63, 3.8) is 0 Å². The number of aryl methyl sites for hydroxylation is 1. The van der Waals surface area contributed by atoms with Crippen molar-refractivity contribution in [2.24, 2.45) is 0 Å². The number of ether oxygens (including phenoxy) is 2. The van der Waals surface area contributed by atoms with E-state index in [9.17, 15) is 4.79 Å². The van der Waals surface area contributed by atoms with E-state index >= 15 is 0 Å². The highest BCUT2D eigenvalue weighted by Gasteiger charge is 2.15. The van der Waals surface area contributed by atoms with Gasteiger partial charge in [-0.25, -0.2) is 0 Å². The molecule has 0 aliphatic heterocycles. The van der Waals surface area contributed by atoms with E-state index in [1.165, 1.54) is 0 Å². The number of benzene rings is 2. The van der Waals surface area contributed by atoms with Gasteiger partial charge in [0.1, 0.15) is 11.5 Å². The molecule has 116 valence electrons. The maximum atomic E-state index is 12.2. The summed E-state index contributed by atoms with van der Waals surface area (Å²) in [4.78, 5) is 12.2. The summed E-state index contributed by atoms with van der Waals surface area (Å²) in [5.74, 6) is 1.21. The third-order valence-corrected chi connectivity index (χ3v) is 3.40. The minimum absolute atomic E-state index is 0.170. The lowest BCUT2D eigenvalue weighted by molar-refractivity contribution is -0.122. The molecule has 0 radical (unpaired) electrons. The van der Waals surface area contributed by atoms with Crippen LogP contribution in [0.1, 0.15) is 19.4 Å². The van der Waals surface area contributed by atoms with Crippen LogP contribution < -0.4 is 14.8 Å². The number of para-hydroxylation sites is 1. The number of carbonyl (C=O) groups is 1. The average Bonchev–Trinajstić information content (AvgIpc) is 2.56. The summed E-state index contributed by atoms with van der Waals surface area (Å²) in [5, 5.41) is 2.92. The molecule has 0 spiro atoms. The number of methoxy groups -OCH3 is 1. The van der Waals surface area contributed by atoms with Crippen molar-refractivity contribution in [3.05, 3.63) is 54.1 Å². The molecule has 2 aromatic rings. The Balaban J connectivity index is 1.99. The van der Waals surface area contributed by atoms with E-state index in [1.807, 2.05) is 24.3 Å². The van der Waals surface area contributed by atoms with Crippen LogP contribution in [0.2, 0.25) is 0 Å². The second kappa shape index (κ2) is 7.50. The Bertz CT molecular complexity index is 622. The van der Waals surface area contributed by atoms with Crippen LogP contribution in [0, 0.1) is 0 Å². The van der Waals surface area contributed by atoms with Crippen LogP contribution in [-0.4, -0.2) is 19.1 Å². The van der Waals surface area contributed by atoms with E-state index in [1.54, 1.807) is 38.3 Å². The quantitative estimate of drug-likeness (QED) is 0.885. The molecular formula is C18H21NO3. The topological polar surface area (TPSA) is 47.6 Å². The van der Waals surface area contributed by atoms with Gasteiger partial charge in [0, 0.05) is 5.69 Å². The number of hydrogen-bond acceptors (Lipinski definition) is 3. The van der Waals surface area contributed by atoms with Gasteiger partial charge in [0.05, 0.1) is 7.11 Å². The lowest BCUT2D eigenvalue weighted by Crippen LogP contribution is -2.30. The van der Waals surface area contributed by atoms with Gasteiger partial charge >= 0.3 is 0 Å². The van der Waals surface area contributed by atoms with E-state index in [4.69, 9.17) is 9.47 Å². The van der Waals surface area contributed by atoms with Gasteiger partial charge in [-0.15, -0.1) is 0 Å². The van der Waals surface area contributed by atoms with Crippen LogP contribution in [0.3, 0.4) is 0 Å². The fraction of sp³-hybridized carbons (Fsp3) is 0.278. The van der Waals surface area contributed by atoms with E-state index in [-0.39, 0.29) is 5.91 Å². The highest BCUT2D eigenvalue weighted by atomic mass is 16.5. The molecule has 1 N–H and O–H groups in total. The standard InChI is InChI=1S/C18H21NO3/c1-4-14-7-5-6-8-17(14)19-18(20)13(2)22-16-11-9-15(21-3)10-12-16/h5-13H,4H2,1-3H3,(H,19,20)/t13-/m0/s1. The van der Waals surface area contributed by atoms with Crippen LogP contribution in [-0.2, 0) is 11.2 Å². The highest BCUT2D eigenvalue weighted by molar-refractivity contribution is 5.94. The first-order valence-corrected chi connectivity index (χ1v) is 7.33. The second-order valence-electron chi connectivity index (χ2n) is 4.94. The number of nitrogens with one attached hydrogen (secondary N) is 1. The zero-order chi connectivity index (χ0) is 15.9. The first kappa shape index (κ1) is 15.9. The van der Waals surface area contributed by atoms with Crippen molar-refractivity contribution in [2.45, 2.75) is 26.4 Å². The van der Waals surface area contributed by atoms with E-state index in [0.717, 1.165) is 23.4 Å². The summed E-state index contributed by atoms with van der Waals surface area (Å²) in [6.45, 7) is 3.79. The van der Waals surface area contributed by atoms with Crippen LogP contribution in [0.5, 0.6) is 11.5 Å². The van der Waals surface area contributed by atoms with Crippen LogP contribution >= 0.6 is 0 Å². The molecule has 0 saturated heterocycles. The summed E-state index contributed by atoms with van der Waals surface area (Å²) in [7, 11) is 1.61. The Morgan fingerprint density at radius 1 is 1.09 bits per heavy atom. The van der Waals surface area contributed by atoms with Crippen molar-refractivity contribution in [1.82, 2.24) is 0 Å². The number of carbonyl (C=O) groups excluding carboxylic acids is 1. The molecule has 1 atom stereocenters. The van der Waals surface area contributed by atoms with Gasteiger partial charge in [0.2, 0.25) is 0 Å². The third kappa shape index (κ3) is 4.01. The first-order valence-electron chi connectivity index (χ1n) is 7.33. The monoisotopic (exact) mass is 299 g/mol. The van der Waals surface area contributed by atoms with Gasteiger partial charge in [-0.05, 0) is 49.2 Å². The Labute approximate surface area is 131 Å². The summed E-state index contributed by atoms with van der Waals surface area (Å²) in [6.07, 6.45) is 0.280. The maximum Gasteiger partial charge on any atom is 0.265 e. The Morgan fingerprint density at radius 3 is 2.36 bits per heavy atom. The van der Waals surface area contributed by atoms with Gasteiger partial charge in [-0.2, -0.15) is 0 Å². The maximum absolute atomic E-state index is 12.2. The highest BCUT2D eigenvalue weighted by Crippen LogP contribution is 2.19. The summed E-state index contributed by atoms with van der Waals surface area (Å²) >= 11 is 0. The van der Waals surface area contributed by atoms with Crippen molar-refractivity contribution in [3.8, 4) is 11.5 Å². The molecule has 0 heterocycles. The van der Waals surface area contributed by atoms with Gasteiger partial charge in [-0.1, -0.05) is 25.1 Å². The Morgan fingerprint density at radius 2 is 1.73 bits per heavy atom. The molecule has 0 aliphatic rings. The molecule has 1 amide bonds. The number of hydrogen-bond donors (Lipinski definition) is 1. The first-order chi connectivity index (χ1) is 10.6. The molecule has 4 heteroatoms. The molecule has 4 nitrogen and oxygen atoms in total. The van der Waals surface area contributed by atoms with Crippen LogP contribution in [0.4, 0.5) is 5.69 Å². The molecule has 0 aromatic heterocycles. The van der Waals surface area contributed by atoms with Gasteiger partial charge in [-0.3, -0.25) is 4.79 Å². The summed E-state index contributed by atoms with van der Waals surface area (Å²) in [5.41, 5.74) is 1.94. The zero-order valence-electron chi connectivity index (χ0n) is 13.1. The molecule has 2 aromatic carbocycles. The fourth-order valence-electron chi connectivity index (χ4n) is 2.10. The molecule has 0 fully saturated rings. The number of amides is 1.